The maximum Gasteiger partial charge on any atom is 0.123 e. The zero-order chi connectivity index (χ0) is 14.6. The molecule has 0 amide bonds. The molecule has 3 heteroatoms. The van der Waals surface area contributed by atoms with Crippen LogP contribution in [0.2, 0.25) is 0 Å². The molecule has 0 bridgehead atoms. The monoisotopic (exact) mass is 279 g/mol. The van der Waals surface area contributed by atoms with Crippen molar-refractivity contribution in [1.82, 2.24) is 5.32 Å². The van der Waals surface area contributed by atoms with Gasteiger partial charge in [-0.2, -0.15) is 0 Å². The molecule has 0 saturated heterocycles. The van der Waals surface area contributed by atoms with Crippen LogP contribution in [-0.4, -0.2) is 25.3 Å². The third-order valence-electron chi connectivity index (χ3n) is 4.80. The van der Waals surface area contributed by atoms with Crippen molar-refractivity contribution in [1.29, 1.82) is 0 Å². The summed E-state index contributed by atoms with van der Waals surface area (Å²) in [6.45, 7) is 8.27. The topological polar surface area (TPSA) is 21.3 Å². The van der Waals surface area contributed by atoms with Crippen LogP contribution in [0.3, 0.4) is 0 Å². The molecule has 2 nitrogen and oxygen atoms in total. The van der Waals surface area contributed by atoms with Crippen LogP contribution in [0.25, 0.3) is 0 Å². The first-order valence-corrected chi connectivity index (χ1v) is 7.69. The van der Waals surface area contributed by atoms with Crippen LogP contribution in [-0.2, 0) is 11.2 Å². The second-order valence-corrected chi connectivity index (χ2v) is 5.93. The fraction of sp³-hybridized carbons (Fsp3) is 0.647. The molecule has 2 rings (SSSR count). The van der Waals surface area contributed by atoms with E-state index in [2.05, 4.69) is 26.1 Å². The predicted octanol–water partition coefficient (Wildman–Crippen LogP) is 3.55. The summed E-state index contributed by atoms with van der Waals surface area (Å²) in [7, 11) is 0. The van der Waals surface area contributed by atoms with Crippen LogP contribution < -0.4 is 5.32 Å². The van der Waals surface area contributed by atoms with Crippen molar-refractivity contribution in [2.24, 2.45) is 5.41 Å². The molecule has 3 atom stereocenters. The van der Waals surface area contributed by atoms with Gasteiger partial charge >= 0.3 is 0 Å². The summed E-state index contributed by atoms with van der Waals surface area (Å²) in [5.41, 5.74) is 1.29. The third kappa shape index (κ3) is 3.21. The standard InChI is InChI=1S/C17H26FNO/c1-4-17(3)15(12-16(17)20-5-2)19-10-9-13-7-6-8-14(18)11-13/h6-8,11,15-16,19H,4-5,9-10,12H2,1-3H3. The molecule has 0 radical (unpaired) electrons. The third-order valence-corrected chi connectivity index (χ3v) is 4.80. The molecule has 1 fully saturated rings. The predicted molar refractivity (Wildman–Crippen MR) is 80.3 cm³/mol. The number of benzene rings is 1. The minimum absolute atomic E-state index is 0.152. The van der Waals surface area contributed by atoms with Gasteiger partial charge in [0.05, 0.1) is 6.10 Å². The van der Waals surface area contributed by atoms with Gasteiger partial charge in [0.2, 0.25) is 0 Å². The first-order chi connectivity index (χ1) is 9.60. The van der Waals surface area contributed by atoms with Crippen molar-refractivity contribution in [2.75, 3.05) is 13.2 Å². The molecule has 1 aromatic carbocycles. The molecule has 0 heterocycles. The lowest BCUT2D eigenvalue weighted by molar-refractivity contribution is -0.125. The van der Waals surface area contributed by atoms with Gasteiger partial charge in [0.1, 0.15) is 5.82 Å². The molecule has 1 aliphatic carbocycles. The second kappa shape index (κ2) is 6.68. The molecule has 0 spiro atoms. The molecule has 112 valence electrons. The molecular formula is C17H26FNO. The molecule has 1 aromatic rings. The van der Waals surface area contributed by atoms with Gasteiger partial charge in [-0.3, -0.25) is 0 Å². The number of nitrogens with one attached hydrogen (secondary N) is 1. The summed E-state index contributed by atoms with van der Waals surface area (Å²) in [5, 5.41) is 3.61. The van der Waals surface area contributed by atoms with Crippen LogP contribution in [0, 0.1) is 11.2 Å². The summed E-state index contributed by atoms with van der Waals surface area (Å²) in [4.78, 5) is 0. The maximum absolute atomic E-state index is 13.1. The second-order valence-electron chi connectivity index (χ2n) is 5.93. The summed E-state index contributed by atoms with van der Waals surface area (Å²) in [5.74, 6) is -0.152. The van der Waals surface area contributed by atoms with Crippen molar-refractivity contribution >= 4 is 0 Å². The molecular weight excluding hydrogens is 253 g/mol. The highest BCUT2D eigenvalue weighted by Crippen LogP contribution is 2.45. The molecule has 0 aliphatic heterocycles. The Morgan fingerprint density at radius 2 is 2.20 bits per heavy atom. The first kappa shape index (κ1) is 15.5. The van der Waals surface area contributed by atoms with Crippen molar-refractivity contribution in [3.05, 3.63) is 35.6 Å². The first-order valence-electron chi connectivity index (χ1n) is 7.69. The Labute approximate surface area is 121 Å². The highest BCUT2D eigenvalue weighted by atomic mass is 19.1. The number of rotatable bonds is 7. The lowest BCUT2D eigenvalue weighted by Crippen LogP contribution is -2.62. The Balaban J connectivity index is 1.80. The van der Waals surface area contributed by atoms with E-state index in [1.807, 2.05) is 6.07 Å². The number of hydrogen-bond acceptors (Lipinski definition) is 2. The highest BCUT2D eigenvalue weighted by Gasteiger charge is 2.50. The Morgan fingerprint density at radius 1 is 1.40 bits per heavy atom. The summed E-state index contributed by atoms with van der Waals surface area (Å²) >= 11 is 0. The molecule has 1 saturated carbocycles. The van der Waals surface area contributed by atoms with E-state index in [0.717, 1.165) is 38.0 Å². The van der Waals surface area contributed by atoms with Gasteiger partial charge in [-0.25, -0.2) is 4.39 Å². The summed E-state index contributed by atoms with van der Waals surface area (Å²) in [6.07, 6.45) is 3.45. The van der Waals surface area contributed by atoms with Crippen LogP contribution in [0.5, 0.6) is 0 Å². The number of ether oxygens (including phenoxy) is 1. The van der Waals surface area contributed by atoms with Gasteiger partial charge in [-0.05, 0) is 50.4 Å². The number of hydrogen-bond donors (Lipinski definition) is 1. The summed E-state index contributed by atoms with van der Waals surface area (Å²) < 4.78 is 18.9. The van der Waals surface area contributed by atoms with Gasteiger partial charge in [0, 0.05) is 18.1 Å². The lowest BCUT2D eigenvalue weighted by Gasteiger charge is -2.53. The Kier molecular flexibility index (Phi) is 5.17. The molecule has 3 unspecified atom stereocenters. The Hall–Kier alpha value is -0.930. The minimum Gasteiger partial charge on any atom is -0.378 e. The zero-order valence-corrected chi connectivity index (χ0v) is 12.8. The normalized spacial score (nSPS) is 29.2. The van der Waals surface area contributed by atoms with Gasteiger partial charge in [0.25, 0.3) is 0 Å². The van der Waals surface area contributed by atoms with E-state index in [4.69, 9.17) is 4.74 Å². The fourth-order valence-electron chi connectivity index (χ4n) is 3.15. The average molecular weight is 279 g/mol. The van der Waals surface area contributed by atoms with Gasteiger partial charge in [0.15, 0.2) is 0 Å². The summed E-state index contributed by atoms with van der Waals surface area (Å²) in [6, 6.07) is 7.37. The van der Waals surface area contributed by atoms with Gasteiger partial charge < -0.3 is 10.1 Å². The van der Waals surface area contributed by atoms with Crippen molar-refractivity contribution in [2.45, 2.75) is 52.2 Å². The molecule has 1 N–H and O–H groups in total. The van der Waals surface area contributed by atoms with Crippen molar-refractivity contribution in [3.63, 3.8) is 0 Å². The van der Waals surface area contributed by atoms with Crippen molar-refractivity contribution in [3.8, 4) is 0 Å². The molecule has 0 aromatic heterocycles. The van der Waals surface area contributed by atoms with E-state index >= 15 is 0 Å². The molecule has 1 aliphatic rings. The van der Waals surface area contributed by atoms with Gasteiger partial charge in [-0.1, -0.05) is 26.0 Å². The van der Waals surface area contributed by atoms with Gasteiger partial charge in [-0.15, -0.1) is 0 Å². The Bertz CT molecular complexity index is 437. The average Bonchev–Trinajstić information content (AvgIpc) is 2.44. The quantitative estimate of drug-likeness (QED) is 0.824. The van der Waals surface area contributed by atoms with E-state index in [9.17, 15) is 4.39 Å². The zero-order valence-electron chi connectivity index (χ0n) is 12.8. The smallest absolute Gasteiger partial charge is 0.123 e. The SMILES string of the molecule is CCOC1CC(NCCc2cccc(F)c2)C1(C)CC. The van der Waals surface area contributed by atoms with Crippen LogP contribution in [0.1, 0.15) is 39.2 Å². The van der Waals surface area contributed by atoms with E-state index in [0.29, 0.717) is 12.1 Å². The van der Waals surface area contributed by atoms with Crippen LogP contribution >= 0.6 is 0 Å². The van der Waals surface area contributed by atoms with E-state index in [-0.39, 0.29) is 11.2 Å². The highest BCUT2D eigenvalue weighted by molar-refractivity contribution is 5.16. The Morgan fingerprint density at radius 3 is 2.85 bits per heavy atom. The van der Waals surface area contributed by atoms with E-state index in [1.54, 1.807) is 12.1 Å². The van der Waals surface area contributed by atoms with E-state index in [1.165, 1.54) is 6.07 Å². The van der Waals surface area contributed by atoms with Crippen molar-refractivity contribution < 1.29 is 9.13 Å². The number of halogens is 1. The van der Waals surface area contributed by atoms with Crippen LogP contribution in [0.15, 0.2) is 24.3 Å². The fourth-order valence-corrected chi connectivity index (χ4v) is 3.15. The van der Waals surface area contributed by atoms with E-state index < -0.39 is 0 Å². The largest absolute Gasteiger partial charge is 0.378 e. The van der Waals surface area contributed by atoms with Crippen LogP contribution in [0.4, 0.5) is 4.39 Å². The lowest BCUT2D eigenvalue weighted by atomic mass is 9.61. The minimum atomic E-state index is -0.152. The molecule has 20 heavy (non-hydrogen) atoms. The maximum atomic E-state index is 13.1.